The van der Waals surface area contributed by atoms with Crippen LogP contribution < -0.4 is 5.32 Å². The van der Waals surface area contributed by atoms with E-state index < -0.39 is 0 Å². The summed E-state index contributed by atoms with van der Waals surface area (Å²) in [7, 11) is 0. The third-order valence-electron chi connectivity index (χ3n) is 4.34. The van der Waals surface area contributed by atoms with Crippen LogP contribution in [0.3, 0.4) is 0 Å². The van der Waals surface area contributed by atoms with Crippen LogP contribution in [-0.2, 0) is 0 Å². The zero-order valence-corrected chi connectivity index (χ0v) is 14.9. The van der Waals surface area contributed by atoms with Crippen molar-refractivity contribution in [2.75, 3.05) is 11.9 Å². The third-order valence-corrected chi connectivity index (χ3v) is 5.22. The van der Waals surface area contributed by atoms with Gasteiger partial charge in [-0.2, -0.15) is 0 Å². The first-order chi connectivity index (χ1) is 11.7. The molecule has 124 valence electrons. The minimum absolute atomic E-state index is 0.249. The van der Waals surface area contributed by atoms with Crippen LogP contribution in [0.25, 0.3) is 21.3 Å². The van der Waals surface area contributed by atoms with Crippen molar-refractivity contribution in [3.05, 3.63) is 42.0 Å². The van der Waals surface area contributed by atoms with Crippen LogP contribution in [-0.4, -0.2) is 22.2 Å². The zero-order chi connectivity index (χ0) is 16.9. The topological polar surface area (TPSA) is 61.7 Å². The predicted octanol–water partition coefficient (Wildman–Crippen LogP) is 5.23. The number of aromatic nitrogens is 2. The van der Waals surface area contributed by atoms with Gasteiger partial charge in [0.1, 0.15) is 17.0 Å². The van der Waals surface area contributed by atoms with E-state index in [0.717, 1.165) is 46.7 Å². The van der Waals surface area contributed by atoms with Crippen molar-refractivity contribution in [2.45, 2.75) is 26.7 Å². The summed E-state index contributed by atoms with van der Waals surface area (Å²) in [5.41, 5.74) is 3.14. The monoisotopic (exact) mass is 338 g/mol. The molecule has 1 aromatic carbocycles. The highest BCUT2D eigenvalue weighted by molar-refractivity contribution is 7.17. The molecule has 2 aromatic heterocycles. The minimum atomic E-state index is 0.249. The lowest BCUT2D eigenvalue weighted by atomic mass is 9.98. The highest BCUT2D eigenvalue weighted by Gasteiger charge is 2.15. The smallest absolute Gasteiger partial charge is 0.138 e. The zero-order valence-electron chi connectivity index (χ0n) is 14.0. The van der Waals surface area contributed by atoms with Crippen molar-refractivity contribution in [3.8, 4) is 11.1 Å². The number of rotatable bonds is 7. The predicted molar refractivity (Wildman–Crippen MR) is 103 cm³/mol. The van der Waals surface area contributed by atoms with Gasteiger partial charge in [-0.25, -0.2) is 9.97 Å². The number of hydrogen-bond donors (Lipinski definition) is 2. The number of benzene rings is 1. The Morgan fingerprint density at radius 1 is 1.21 bits per heavy atom. The van der Waals surface area contributed by atoms with E-state index in [4.69, 9.17) is 5.41 Å². The Kier molecular flexibility index (Phi) is 5.20. The Bertz CT molecular complexity index is 826. The van der Waals surface area contributed by atoms with E-state index in [-0.39, 0.29) is 5.92 Å². The Labute approximate surface area is 146 Å². The molecule has 2 N–H and O–H groups in total. The second-order valence-electron chi connectivity index (χ2n) is 5.78. The molecule has 0 aliphatic heterocycles. The molecule has 0 aliphatic carbocycles. The van der Waals surface area contributed by atoms with Gasteiger partial charge in [0.25, 0.3) is 0 Å². The number of thiophene rings is 1. The van der Waals surface area contributed by atoms with Gasteiger partial charge in [0.2, 0.25) is 0 Å². The van der Waals surface area contributed by atoms with E-state index >= 15 is 0 Å². The Balaban J connectivity index is 1.94. The standard InChI is InChI=1S/C19H22N4S/c1-3-13(16(20)4-2)10-21-18-17-15(14-8-6-5-7-9-14)11-24-19(17)23-12-22-18/h5-9,11-13,20H,3-4,10H2,1-2H3,(H,21,22,23). The average Bonchev–Trinajstić information content (AvgIpc) is 3.07. The second kappa shape index (κ2) is 7.53. The van der Waals surface area contributed by atoms with Gasteiger partial charge in [-0.05, 0) is 18.4 Å². The number of nitrogens with zero attached hydrogens (tertiary/aromatic N) is 2. The summed E-state index contributed by atoms with van der Waals surface area (Å²) in [6.45, 7) is 4.91. The molecule has 4 nitrogen and oxygen atoms in total. The Morgan fingerprint density at radius 2 is 2.00 bits per heavy atom. The lowest BCUT2D eigenvalue weighted by Crippen LogP contribution is -2.22. The number of anilines is 1. The average molecular weight is 338 g/mol. The van der Waals surface area contributed by atoms with Crippen molar-refractivity contribution in [1.82, 2.24) is 9.97 Å². The fourth-order valence-corrected chi connectivity index (χ4v) is 3.78. The molecule has 1 unspecified atom stereocenters. The summed E-state index contributed by atoms with van der Waals surface area (Å²) in [4.78, 5) is 9.87. The summed E-state index contributed by atoms with van der Waals surface area (Å²) in [6.07, 6.45) is 3.37. The quantitative estimate of drug-likeness (QED) is 0.580. The van der Waals surface area contributed by atoms with Crippen LogP contribution in [0, 0.1) is 11.3 Å². The largest absolute Gasteiger partial charge is 0.369 e. The number of fused-ring (bicyclic) bond motifs is 1. The van der Waals surface area contributed by atoms with Gasteiger partial charge in [0, 0.05) is 29.1 Å². The summed E-state index contributed by atoms with van der Waals surface area (Å²) in [6, 6.07) is 10.3. The van der Waals surface area contributed by atoms with Crippen molar-refractivity contribution < 1.29 is 0 Å². The van der Waals surface area contributed by atoms with Gasteiger partial charge < -0.3 is 10.7 Å². The lowest BCUT2D eigenvalue weighted by molar-refractivity contribution is 0.681. The first-order valence-corrected chi connectivity index (χ1v) is 9.21. The maximum absolute atomic E-state index is 8.10. The highest BCUT2D eigenvalue weighted by atomic mass is 32.1. The molecule has 24 heavy (non-hydrogen) atoms. The number of nitrogens with one attached hydrogen (secondary N) is 2. The summed E-state index contributed by atoms with van der Waals surface area (Å²) in [5, 5.41) is 14.8. The van der Waals surface area contributed by atoms with Crippen LogP contribution in [0.1, 0.15) is 26.7 Å². The van der Waals surface area contributed by atoms with Crippen LogP contribution >= 0.6 is 11.3 Å². The van der Waals surface area contributed by atoms with Gasteiger partial charge in [-0.1, -0.05) is 44.2 Å². The Morgan fingerprint density at radius 3 is 2.71 bits per heavy atom. The normalized spacial score (nSPS) is 12.2. The molecule has 0 fully saturated rings. The van der Waals surface area contributed by atoms with Gasteiger partial charge >= 0.3 is 0 Å². The van der Waals surface area contributed by atoms with Gasteiger partial charge in [0.05, 0.1) is 5.39 Å². The molecular formula is C19H22N4S. The second-order valence-corrected chi connectivity index (χ2v) is 6.64. The minimum Gasteiger partial charge on any atom is -0.369 e. The first kappa shape index (κ1) is 16.6. The molecule has 0 saturated carbocycles. The molecule has 3 rings (SSSR count). The third kappa shape index (κ3) is 3.31. The molecule has 5 heteroatoms. The van der Waals surface area contributed by atoms with Crippen LogP contribution in [0.2, 0.25) is 0 Å². The first-order valence-electron chi connectivity index (χ1n) is 8.33. The van der Waals surface area contributed by atoms with E-state index in [1.165, 1.54) is 5.56 Å². The molecule has 0 amide bonds. The van der Waals surface area contributed by atoms with Crippen LogP contribution in [0.4, 0.5) is 5.82 Å². The van der Waals surface area contributed by atoms with Crippen molar-refractivity contribution in [2.24, 2.45) is 5.92 Å². The van der Waals surface area contributed by atoms with Gasteiger partial charge in [-0.15, -0.1) is 11.3 Å². The van der Waals surface area contributed by atoms with E-state index in [1.54, 1.807) is 17.7 Å². The molecule has 0 bridgehead atoms. The van der Waals surface area contributed by atoms with E-state index in [2.05, 4.69) is 39.7 Å². The summed E-state index contributed by atoms with van der Waals surface area (Å²) in [5.74, 6) is 1.11. The SMILES string of the molecule is CCC(=N)C(CC)CNc1ncnc2scc(-c3ccccc3)c12. The molecule has 3 aromatic rings. The molecule has 0 saturated heterocycles. The van der Waals surface area contributed by atoms with Crippen molar-refractivity contribution in [3.63, 3.8) is 0 Å². The van der Waals surface area contributed by atoms with E-state index in [9.17, 15) is 0 Å². The molecular weight excluding hydrogens is 316 g/mol. The highest BCUT2D eigenvalue weighted by Crippen LogP contribution is 2.36. The molecule has 0 radical (unpaired) electrons. The van der Waals surface area contributed by atoms with Crippen LogP contribution in [0.5, 0.6) is 0 Å². The van der Waals surface area contributed by atoms with E-state index in [1.807, 2.05) is 25.1 Å². The fraction of sp³-hybridized carbons (Fsp3) is 0.316. The van der Waals surface area contributed by atoms with Crippen molar-refractivity contribution in [1.29, 1.82) is 5.41 Å². The van der Waals surface area contributed by atoms with Crippen LogP contribution in [0.15, 0.2) is 42.0 Å². The Hall–Kier alpha value is -2.27. The maximum atomic E-state index is 8.10. The van der Waals surface area contributed by atoms with Crippen molar-refractivity contribution >= 4 is 33.1 Å². The molecule has 0 spiro atoms. The lowest BCUT2D eigenvalue weighted by Gasteiger charge is -2.17. The maximum Gasteiger partial charge on any atom is 0.138 e. The molecule has 0 aliphatic rings. The fourth-order valence-electron chi connectivity index (χ4n) is 2.86. The molecule has 1 atom stereocenters. The van der Waals surface area contributed by atoms with E-state index in [0.29, 0.717) is 0 Å². The number of hydrogen-bond acceptors (Lipinski definition) is 5. The van der Waals surface area contributed by atoms with Gasteiger partial charge in [0.15, 0.2) is 0 Å². The van der Waals surface area contributed by atoms with Gasteiger partial charge in [-0.3, -0.25) is 0 Å². The summed E-state index contributed by atoms with van der Waals surface area (Å²) < 4.78 is 0. The summed E-state index contributed by atoms with van der Waals surface area (Å²) >= 11 is 1.64. The molecule has 2 heterocycles.